The second-order valence-corrected chi connectivity index (χ2v) is 4.58. The molecular weight excluding hydrogens is 248 g/mol. The fourth-order valence-corrected chi connectivity index (χ4v) is 2.14. The van der Waals surface area contributed by atoms with Gasteiger partial charge < -0.3 is 14.4 Å². The average molecular weight is 266 g/mol. The zero-order chi connectivity index (χ0) is 13.8. The Bertz CT molecular complexity index is 461. The molecule has 0 bridgehead atoms. The van der Waals surface area contributed by atoms with E-state index < -0.39 is 5.97 Å². The molecule has 1 aromatic heterocycles. The summed E-state index contributed by atoms with van der Waals surface area (Å²) in [5.41, 5.74) is 0. The van der Waals surface area contributed by atoms with E-state index in [1.165, 1.54) is 0 Å². The quantitative estimate of drug-likeness (QED) is 0.867. The van der Waals surface area contributed by atoms with E-state index in [9.17, 15) is 9.59 Å². The number of carboxylic acid groups (broad SMARTS) is 1. The van der Waals surface area contributed by atoms with Gasteiger partial charge in [-0.25, -0.2) is 0 Å². The summed E-state index contributed by atoms with van der Waals surface area (Å²) in [6.07, 6.45) is 0.764. The van der Waals surface area contributed by atoms with E-state index in [1.54, 1.807) is 11.0 Å². The molecule has 2 heterocycles. The van der Waals surface area contributed by atoms with Crippen molar-refractivity contribution < 1.29 is 19.1 Å². The third-order valence-corrected chi connectivity index (χ3v) is 3.24. The Labute approximate surface area is 111 Å². The van der Waals surface area contributed by atoms with E-state index in [2.05, 4.69) is 0 Å². The standard InChI is InChI=1S/C13H18N2O4/c1-2-10-3-4-11(19-10)13(18)15-7-5-14(6-8-15)9-12(16)17/h3-4H,2,5-9H2,1H3,(H,16,17). The van der Waals surface area contributed by atoms with Crippen LogP contribution < -0.4 is 0 Å². The minimum Gasteiger partial charge on any atom is -0.480 e. The number of rotatable bonds is 4. The van der Waals surface area contributed by atoms with Crippen molar-refractivity contribution in [2.75, 3.05) is 32.7 Å². The van der Waals surface area contributed by atoms with Crippen LogP contribution in [0.3, 0.4) is 0 Å². The lowest BCUT2D eigenvalue weighted by atomic mass is 10.3. The Kier molecular flexibility index (Phi) is 4.21. The average Bonchev–Trinajstić information content (AvgIpc) is 2.87. The Morgan fingerprint density at radius 2 is 1.95 bits per heavy atom. The van der Waals surface area contributed by atoms with Crippen molar-refractivity contribution in [3.8, 4) is 0 Å². The molecule has 0 unspecified atom stereocenters. The smallest absolute Gasteiger partial charge is 0.317 e. The Morgan fingerprint density at radius 1 is 1.26 bits per heavy atom. The predicted molar refractivity (Wildman–Crippen MR) is 68.1 cm³/mol. The number of amides is 1. The molecule has 0 saturated carbocycles. The summed E-state index contributed by atoms with van der Waals surface area (Å²) in [5.74, 6) is 0.212. The highest BCUT2D eigenvalue weighted by Crippen LogP contribution is 2.13. The molecule has 1 saturated heterocycles. The number of furan rings is 1. The largest absolute Gasteiger partial charge is 0.480 e. The normalized spacial score (nSPS) is 16.6. The van der Waals surface area contributed by atoms with Crippen LogP contribution in [-0.4, -0.2) is 59.5 Å². The molecule has 0 atom stereocenters. The van der Waals surface area contributed by atoms with Crippen LogP contribution in [0.1, 0.15) is 23.2 Å². The highest BCUT2D eigenvalue weighted by Gasteiger charge is 2.24. The van der Waals surface area contributed by atoms with Gasteiger partial charge in [-0.15, -0.1) is 0 Å². The Morgan fingerprint density at radius 3 is 2.47 bits per heavy atom. The number of aryl methyl sites for hydroxylation is 1. The molecule has 104 valence electrons. The molecule has 1 fully saturated rings. The van der Waals surface area contributed by atoms with Gasteiger partial charge in [-0.3, -0.25) is 14.5 Å². The number of aliphatic carboxylic acids is 1. The van der Waals surface area contributed by atoms with E-state index in [4.69, 9.17) is 9.52 Å². The summed E-state index contributed by atoms with van der Waals surface area (Å²) in [7, 11) is 0. The van der Waals surface area contributed by atoms with Crippen LogP contribution in [0.4, 0.5) is 0 Å². The minimum absolute atomic E-state index is 0.0305. The van der Waals surface area contributed by atoms with E-state index >= 15 is 0 Å². The van der Waals surface area contributed by atoms with E-state index in [0.29, 0.717) is 31.9 Å². The first-order valence-electron chi connectivity index (χ1n) is 6.42. The molecule has 1 aromatic rings. The Hall–Kier alpha value is -1.82. The number of hydrogen-bond acceptors (Lipinski definition) is 4. The predicted octanol–water partition coefficient (Wildman–Crippen LogP) is 0.684. The second kappa shape index (κ2) is 5.88. The maximum absolute atomic E-state index is 12.2. The van der Waals surface area contributed by atoms with Crippen LogP contribution >= 0.6 is 0 Å². The third kappa shape index (κ3) is 3.35. The number of carbonyl (C=O) groups excluding carboxylic acids is 1. The fourth-order valence-electron chi connectivity index (χ4n) is 2.14. The zero-order valence-electron chi connectivity index (χ0n) is 11.0. The van der Waals surface area contributed by atoms with Gasteiger partial charge in [-0.1, -0.05) is 6.92 Å². The topological polar surface area (TPSA) is 74.0 Å². The van der Waals surface area contributed by atoms with E-state index in [0.717, 1.165) is 12.2 Å². The summed E-state index contributed by atoms with van der Waals surface area (Å²) < 4.78 is 5.44. The molecule has 2 rings (SSSR count). The van der Waals surface area contributed by atoms with Gasteiger partial charge in [-0.2, -0.15) is 0 Å². The lowest BCUT2D eigenvalue weighted by Gasteiger charge is -2.33. The number of carbonyl (C=O) groups is 2. The van der Waals surface area contributed by atoms with Crippen molar-refractivity contribution in [2.45, 2.75) is 13.3 Å². The van der Waals surface area contributed by atoms with Gasteiger partial charge in [0.05, 0.1) is 6.54 Å². The maximum Gasteiger partial charge on any atom is 0.317 e. The number of nitrogens with zero attached hydrogens (tertiary/aromatic N) is 2. The molecule has 0 spiro atoms. The number of piperazine rings is 1. The molecule has 1 amide bonds. The SMILES string of the molecule is CCc1ccc(C(=O)N2CCN(CC(=O)O)CC2)o1. The van der Waals surface area contributed by atoms with Crippen molar-refractivity contribution in [2.24, 2.45) is 0 Å². The zero-order valence-corrected chi connectivity index (χ0v) is 11.0. The summed E-state index contributed by atoms with van der Waals surface area (Å²) in [5, 5.41) is 8.71. The van der Waals surface area contributed by atoms with Crippen molar-refractivity contribution in [3.05, 3.63) is 23.7 Å². The van der Waals surface area contributed by atoms with Crippen LogP contribution in [0.15, 0.2) is 16.5 Å². The lowest BCUT2D eigenvalue weighted by molar-refractivity contribution is -0.138. The monoisotopic (exact) mass is 266 g/mol. The van der Waals surface area contributed by atoms with Gasteiger partial charge in [0.2, 0.25) is 0 Å². The molecule has 0 aliphatic carbocycles. The first kappa shape index (κ1) is 13.6. The van der Waals surface area contributed by atoms with Crippen LogP contribution in [0, 0.1) is 0 Å². The summed E-state index contributed by atoms with van der Waals surface area (Å²) in [6.45, 7) is 4.24. The molecule has 19 heavy (non-hydrogen) atoms. The van der Waals surface area contributed by atoms with Crippen molar-refractivity contribution >= 4 is 11.9 Å². The van der Waals surface area contributed by atoms with Gasteiger partial charge >= 0.3 is 5.97 Å². The molecule has 6 nitrogen and oxygen atoms in total. The first-order valence-corrected chi connectivity index (χ1v) is 6.42. The van der Waals surface area contributed by atoms with Crippen LogP contribution in [0.5, 0.6) is 0 Å². The highest BCUT2D eigenvalue weighted by molar-refractivity contribution is 5.91. The van der Waals surface area contributed by atoms with Crippen LogP contribution in [0.2, 0.25) is 0 Å². The lowest BCUT2D eigenvalue weighted by Crippen LogP contribution is -2.49. The summed E-state index contributed by atoms with van der Waals surface area (Å²) in [4.78, 5) is 26.3. The minimum atomic E-state index is -0.835. The highest BCUT2D eigenvalue weighted by atomic mass is 16.4. The van der Waals surface area contributed by atoms with Crippen LogP contribution in [0.25, 0.3) is 0 Å². The molecule has 1 aliphatic heterocycles. The first-order chi connectivity index (χ1) is 9.10. The van der Waals surface area contributed by atoms with Gasteiger partial charge in [0.1, 0.15) is 5.76 Å². The summed E-state index contributed by atoms with van der Waals surface area (Å²) >= 11 is 0. The third-order valence-electron chi connectivity index (χ3n) is 3.24. The van der Waals surface area contributed by atoms with Crippen molar-refractivity contribution in [1.82, 2.24) is 9.80 Å². The fraction of sp³-hybridized carbons (Fsp3) is 0.538. The van der Waals surface area contributed by atoms with Gasteiger partial charge in [0, 0.05) is 32.6 Å². The van der Waals surface area contributed by atoms with E-state index in [1.807, 2.05) is 17.9 Å². The summed E-state index contributed by atoms with van der Waals surface area (Å²) in [6, 6.07) is 3.51. The van der Waals surface area contributed by atoms with Crippen molar-refractivity contribution in [1.29, 1.82) is 0 Å². The number of carboxylic acids is 1. The van der Waals surface area contributed by atoms with Gasteiger partial charge in [0.15, 0.2) is 5.76 Å². The maximum atomic E-state index is 12.2. The molecule has 1 N–H and O–H groups in total. The Balaban J connectivity index is 1.90. The molecule has 1 aliphatic rings. The molecule has 6 heteroatoms. The van der Waals surface area contributed by atoms with E-state index in [-0.39, 0.29) is 12.5 Å². The number of hydrogen-bond donors (Lipinski definition) is 1. The van der Waals surface area contributed by atoms with Gasteiger partial charge in [0.25, 0.3) is 5.91 Å². The van der Waals surface area contributed by atoms with Crippen LogP contribution in [-0.2, 0) is 11.2 Å². The molecule has 0 aromatic carbocycles. The second-order valence-electron chi connectivity index (χ2n) is 4.58. The van der Waals surface area contributed by atoms with Gasteiger partial charge in [-0.05, 0) is 12.1 Å². The van der Waals surface area contributed by atoms with Crippen molar-refractivity contribution in [3.63, 3.8) is 0 Å². The molecule has 0 radical (unpaired) electrons. The molecular formula is C13H18N2O4.